The Kier molecular flexibility index (Phi) is 3.87. The van der Waals surface area contributed by atoms with E-state index in [1.807, 2.05) is 0 Å². The van der Waals surface area contributed by atoms with Gasteiger partial charge in [-0.05, 0) is 22.0 Å². The van der Waals surface area contributed by atoms with E-state index in [9.17, 15) is 4.79 Å². The van der Waals surface area contributed by atoms with Gasteiger partial charge in [0.2, 0.25) is 5.91 Å². The number of hydrogen-bond donors (Lipinski definition) is 4. The van der Waals surface area contributed by atoms with Gasteiger partial charge in [-0.25, -0.2) is 4.98 Å². The van der Waals surface area contributed by atoms with Crippen LogP contribution < -0.4 is 16.8 Å². The quantitative estimate of drug-likeness (QED) is 0.601. The van der Waals surface area contributed by atoms with Crippen molar-refractivity contribution >= 4 is 33.3 Å². The first kappa shape index (κ1) is 11.7. The van der Waals surface area contributed by atoms with Crippen LogP contribution in [0, 0.1) is 0 Å². The number of aliphatic hydroxyl groups is 1. The molecule has 0 aliphatic carbocycles. The topological polar surface area (TPSA) is 114 Å². The van der Waals surface area contributed by atoms with Crippen LogP contribution in [0.15, 0.2) is 16.7 Å². The summed E-state index contributed by atoms with van der Waals surface area (Å²) in [6.45, 7) is -0.0197. The van der Waals surface area contributed by atoms with Gasteiger partial charge in [-0.2, -0.15) is 0 Å². The van der Waals surface area contributed by atoms with Crippen molar-refractivity contribution in [3.8, 4) is 0 Å². The van der Waals surface area contributed by atoms with E-state index in [0.29, 0.717) is 11.5 Å². The first-order chi connectivity index (χ1) is 7.00. The number of halogens is 1. The van der Waals surface area contributed by atoms with Crippen molar-refractivity contribution in [3.05, 3.63) is 16.7 Å². The van der Waals surface area contributed by atoms with Crippen molar-refractivity contribution in [2.75, 3.05) is 17.6 Å². The van der Waals surface area contributed by atoms with Gasteiger partial charge in [0.15, 0.2) is 0 Å². The highest BCUT2D eigenvalue weighted by Crippen LogP contribution is 2.19. The minimum Gasteiger partial charge on any atom is -0.396 e. The Morgan fingerprint density at radius 3 is 2.93 bits per heavy atom. The van der Waals surface area contributed by atoms with Crippen LogP contribution in [-0.4, -0.2) is 28.6 Å². The second-order valence-electron chi connectivity index (χ2n) is 2.89. The van der Waals surface area contributed by atoms with E-state index in [1.54, 1.807) is 12.3 Å². The monoisotopic (exact) mass is 274 g/mol. The average Bonchev–Trinajstić information content (AvgIpc) is 2.15. The summed E-state index contributed by atoms with van der Waals surface area (Å²) in [6, 6.07) is 1.66. The molecule has 0 saturated carbocycles. The van der Waals surface area contributed by atoms with Crippen LogP contribution in [0.5, 0.6) is 0 Å². The molecule has 0 bridgehead atoms. The Hall–Kier alpha value is -1.34. The molecular formula is C8H11BrN4O2. The number of primary amides is 1. The molecule has 0 radical (unpaired) electrons. The van der Waals surface area contributed by atoms with Gasteiger partial charge in [-0.15, -0.1) is 0 Å². The van der Waals surface area contributed by atoms with E-state index in [0.717, 1.165) is 4.47 Å². The summed E-state index contributed by atoms with van der Waals surface area (Å²) < 4.78 is 0.751. The Labute approximate surface area is 94.8 Å². The number of carbonyl (C=O) groups is 1. The maximum absolute atomic E-state index is 10.5. The molecule has 1 aromatic heterocycles. The van der Waals surface area contributed by atoms with Crippen molar-refractivity contribution in [2.45, 2.75) is 6.10 Å². The summed E-state index contributed by atoms with van der Waals surface area (Å²) >= 11 is 3.21. The molecule has 1 aromatic rings. The highest BCUT2D eigenvalue weighted by Gasteiger charge is 2.11. The molecule has 82 valence electrons. The zero-order valence-electron chi connectivity index (χ0n) is 7.77. The molecule has 1 amide bonds. The summed E-state index contributed by atoms with van der Waals surface area (Å²) in [5.41, 5.74) is 10.9. The number of carbonyl (C=O) groups excluding carboxylic acids is 1. The number of nitrogen functional groups attached to an aromatic ring is 1. The molecule has 15 heavy (non-hydrogen) atoms. The van der Waals surface area contributed by atoms with E-state index in [4.69, 9.17) is 16.6 Å². The first-order valence-corrected chi connectivity index (χ1v) is 4.92. The summed E-state index contributed by atoms with van der Waals surface area (Å²) in [6.07, 6.45) is 0.296. The summed E-state index contributed by atoms with van der Waals surface area (Å²) in [7, 11) is 0. The Morgan fingerprint density at radius 1 is 1.73 bits per heavy atom. The largest absolute Gasteiger partial charge is 0.396 e. The molecule has 1 unspecified atom stereocenters. The van der Waals surface area contributed by atoms with Crippen molar-refractivity contribution < 1.29 is 9.90 Å². The molecule has 1 rings (SSSR count). The predicted molar refractivity (Wildman–Crippen MR) is 60.0 cm³/mol. The summed E-state index contributed by atoms with van der Waals surface area (Å²) in [4.78, 5) is 14.5. The van der Waals surface area contributed by atoms with Crippen LogP contribution in [0.1, 0.15) is 0 Å². The zero-order valence-corrected chi connectivity index (χ0v) is 9.36. The molecule has 0 aromatic carbocycles. The van der Waals surface area contributed by atoms with Crippen molar-refractivity contribution in [1.82, 2.24) is 4.98 Å². The maximum atomic E-state index is 10.5. The predicted octanol–water partition coefficient (Wildman–Crippen LogP) is -0.316. The Morgan fingerprint density at radius 2 is 2.40 bits per heavy atom. The zero-order chi connectivity index (χ0) is 11.4. The normalized spacial score (nSPS) is 12.1. The molecular weight excluding hydrogens is 264 g/mol. The molecule has 6 N–H and O–H groups in total. The van der Waals surface area contributed by atoms with Crippen LogP contribution in [-0.2, 0) is 4.79 Å². The van der Waals surface area contributed by atoms with Gasteiger partial charge in [0, 0.05) is 10.7 Å². The minimum absolute atomic E-state index is 0.0197. The fourth-order valence-corrected chi connectivity index (χ4v) is 1.25. The highest BCUT2D eigenvalue weighted by molar-refractivity contribution is 9.10. The van der Waals surface area contributed by atoms with Crippen LogP contribution in [0.3, 0.4) is 0 Å². The van der Waals surface area contributed by atoms with E-state index in [1.165, 1.54) is 0 Å². The SMILES string of the molecule is NC(=O)C(O)CNc1ncc(Br)cc1N. The Balaban J connectivity index is 2.62. The molecule has 1 atom stereocenters. The third-order valence-corrected chi connectivity index (χ3v) is 2.11. The average molecular weight is 275 g/mol. The van der Waals surface area contributed by atoms with Crippen molar-refractivity contribution in [3.63, 3.8) is 0 Å². The van der Waals surface area contributed by atoms with Crippen LogP contribution in [0.25, 0.3) is 0 Å². The number of hydrogen-bond acceptors (Lipinski definition) is 5. The lowest BCUT2D eigenvalue weighted by Crippen LogP contribution is -2.34. The lowest BCUT2D eigenvalue weighted by Gasteiger charge is -2.10. The standard InChI is InChI=1S/C8H11BrN4O2/c9-4-1-5(10)8(12-2-4)13-3-6(14)7(11)15/h1-2,6,14H,3,10H2,(H2,11,15)(H,12,13). The number of pyridine rings is 1. The minimum atomic E-state index is -1.25. The van der Waals surface area contributed by atoms with E-state index < -0.39 is 12.0 Å². The number of nitrogens with zero attached hydrogens (tertiary/aromatic N) is 1. The van der Waals surface area contributed by atoms with Crippen LogP contribution in [0.4, 0.5) is 11.5 Å². The molecule has 7 heteroatoms. The highest BCUT2D eigenvalue weighted by atomic mass is 79.9. The van der Waals surface area contributed by atoms with Gasteiger partial charge in [0.05, 0.1) is 12.2 Å². The van der Waals surface area contributed by atoms with E-state index in [2.05, 4.69) is 26.2 Å². The van der Waals surface area contributed by atoms with Crippen molar-refractivity contribution in [1.29, 1.82) is 0 Å². The van der Waals surface area contributed by atoms with Gasteiger partial charge in [-0.3, -0.25) is 4.79 Å². The fourth-order valence-electron chi connectivity index (χ4n) is 0.897. The molecule has 0 aliphatic heterocycles. The smallest absolute Gasteiger partial charge is 0.248 e. The van der Waals surface area contributed by atoms with E-state index in [-0.39, 0.29) is 6.54 Å². The molecule has 0 aliphatic rings. The fraction of sp³-hybridized carbons (Fsp3) is 0.250. The van der Waals surface area contributed by atoms with Gasteiger partial charge >= 0.3 is 0 Å². The number of aliphatic hydroxyl groups excluding tert-OH is 1. The first-order valence-electron chi connectivity index (χ1n) is 4.13. The van der Waals surface area contributed by atoms with Gasteiger partial charge in [-0.1, -0.05) is 0 Å². The number of anilines is 2. The maximum Gasteiger partial charge on any atom is 0.248 e. The van der Waals surface area contributed by atoms with Crippen LogP contribution in [0.2, 0.25) is 0 Å². The Bertz CT molecular complexity index is 372. The molecule has 0 fully saturated rings. The number of rotatable bonds is 4. The van der Waals surface area contributed by atoms with Gasteiger partial charge in [0.1, 0.15) is 11.9 Å². The molecule has 0 saturated heterocycles. The van der Waals surface area contributed by atoms with Crippen molar-refractivity contribution in [2.24, 2.45) is 5.73 Å². The second kappa shape index (κ2) is 4.94. The molecule has 1 heterocycles. The third kappa shape index (κ3) is 3.37. The van der Waals surface area contributed by atoms with Gasteiger partial charge in [0.25, 0.3) is 0 Å². The molecule has 6 nitrogen and oxygen atoms in total. The lowest BCUT2D eigenvalue weighted by atomic mass is 10.3. The van der Waals surface area contributed by atoms with Gasteiger partial charge < -0.3 is 21.9 Å². The summed E-state index contributed by atoms with van der Waals surface area (Å²) in [5, 5.41) is 11.8. The second-order valence-corrected chi connectivity index (χ2v) is 3.81. The third-order valence-electron chi connectivity index (χ3n) is 1.68. The van der Waals surface area contributed by atoms with Crippen LogP contribution >= 0.6 is 15.9 Å². The van der Waals surface area contributed by atoms with E-state index >= 15 is 0 Å². The lowest BCUT2D eigenvalue weighted by molar-refractivity contribution is -0.125. The number of aromatic nitrogens is 1. The number of amides is 1. The summed E-state index contributed by atoms with van der Waals surface area (Å²) in [5.74, 6) is -0.392. The molecule has 0 spiro atoms. The number of nitrogens with two attached hydrogens (primary N) is 2. The number of nitrogens with one attached hydrogen (secondary N) is 1.